The summed E-state index contributed by atoms with van der Waals surface area (Å²) in [7, 11) is 0. The van der Waals surface area contributed by atoms with Crippen molar-refractivity contribution in [1.82, 2.24) is 4.98 Å². The van der Waals surface area contributed by atoms with Crippen LogP contribution >= 0.6 is 35.0 Å². The minimum atomic E-state index is -4.65. The van der Waals surface area contributed by atoms with E-state index in [1.807, 2.05) is 0 Å². The third kappa shape index (κ3) is 4.06. The molecule has 148 valence electrons. The van der Waals surface area contributed by atoms with Crippen molar-refractivity contribution in [3.8, 4) is 0 Å². The topological polar surface area (TPSA) is 80.4 Å². The summed E-state index contributed by atoms with van der Waals surface area (Å²) in [6.07, 6.45) is -3.67. The smallest absolute Gasteiger partial charge is 0.379 e. The number of carbonyl (C=O) groups is 1. The second-order valence-corrected chi connectivity index (χ2v) is 7.88. The van der Waals surface area contributed by atoms with E-state index in [2.05, 4.69) is 15.3 Å². The lowest BCUT2D eigenvalue weighted by atomic mass is 9.86. The van der Waals surface area contributed by atoms with E-state index in [1.165, 1.54) is 36.5 Å². The Kier molecular flexibility index (Phi) is 5.79. The SMILES string of the molecule is NC1=NC(c2cccc(NC(=O)c3ncc(Cl)cc3Cl)c2)(C(F)(F)F)CCS1. The lowest BCUT2D eigenvalue weighted by Crippen LogP contribution is -2.44. The molecule has 1 aromatic carbocycles. The van der Waals surface area contributed by atoms with Crippen LogP contribution in [0.25, 0.3) is 0 Å². The number of thioether (sulfide) groups is 1. The fraction of sp³-hybridized carbons (Fsp3) is 0.235. The average Bonchev–Trinajstić information content (AvgIpc) is 2.60. The van der Waals surface area contributed by atoms with Gasteiger partial charge < -0.3 is 11.1 Å². The van der Waals surface area contributed by atoms with E-state index in [0.29, 0.717) is 0 Å². The number of nitrogens with one attached hydrogen (secondary N) is 1. The number of hydrogen-bond donors (Lipinski definition) is 2. The van der Waals surface area contributed by atoms with E-state index >= 15 is 0 Å². The monoisotopic (exact) mass is 448 g/mol. The largest absolute Gasteiger partial charge is 0.417 e. The lowest BCUT2D eigenvalue weighted by Gasteiger charge is -2.35. The Bertz CT molecular complexity index is 954. The van der Waals surface area contributed by atoms with Crippen molar-refractivity contribution < 1.29 is 18.0 Å². The summed E-state index contributed by atoms with van der Waals surface area (Å²) in [5.74, 6) is -0.502. The summed E-state index contributed by atoms with van der Waals surface area (Å²) in [5.41, 5.74) is 3.05. The molecule has 28 heavy (non-hydrogen) atoms. The van der Waals surface area contributed by atoms with Crippen LogP contribution in [0.4, 0.5) is 18.9 Å². The number of amidine groups is 1. The number of rotatable bonds is 3. The Labute approximate surface area is 172 Å². The molecule has 1 aliphatic rings. The minimum Gasteiger partial charge on any atom is -0.379 e. The van der Waals surface area contributed by atoms with Crippen LogP contribution < -0.4 is 11.1 Å². The van der Waals surface area contributed by atoms with Gasteiger partial charge in [-0.05, 0) is 30.2 Å². The van der Waals surface area contributed by atoms with Gasteiger partial charge in [0.05, 0.1) is 10.0 Å². The van der Waals surface area contributed by atoms with E-state index < -0.39 is 17.6 Å². The number of aromatic nitrogens is 1. The molecule has 1 unspecified atom stereocenters. The highest BCUT2D eigenvalue weighted by atomic mass is 35.5. The molecule has 0 saturated carbocycles. The van der Waals surface area contributed by atoms with Crippen molar-refractivity contribution in [2.75, 3.05) is 11.1 Å². The maximum absolute atomic E-state index is 13.9. The van der Waals surface area contributed by atoms with Crippen molar-refractivity contribution in [2.24, 2.45) is 10.7 Å². The molecule has 3 rings (SSSR count). The van der Waals surface area contributed by atoms with E-state index in [4.69, 9.17) is 28.9 Å². The zero-order chi connectivity index (χ0) is 20.5. The van der Waals surface area contributed by atoms with Crippen molar-refractivity contribution in [2.45, 2.75) is 18.1 Å². The zero-order valence-corrected chi connectivity index (χ0v) is 16.4. The number of aliphatic imine (C=N–C) groups is 1. The molecule has 2 aromatic rings. The lowest BCUT2D eigenvalue weighted by molar-refractivity contribution is -0.189. The third-order valence-corrected chi connectivity index (χ3v) is 5.39. The molecule has 1 aliphatic heterocycles. The van der Waals surface area contributed by atoms with Gasteiger partial charge >= 0.3 is 6.18 Å². The van der Waals surface area contributed by atoms with Crippen LogP contribution in [0.3, 0.4) is 0 Å². The van der Waals surface area contributed by atoms with Gasteiger partial charge in [0.2, 0.25) is 0 Å². The Morgan fingerprint density at radius 1 is 1.29 bits per heavy atom. The number of nitrogens with two attached hydrogens (primary N) is 1. The molecule has 0 saturated heterocycles. The highest BCUT2D eigenvalue weighted by Gasteiger charge is 2.57. The predicted octanol–water partition coefficient (Wildman–Crippen LogP) is 4.85. The second kappa shape index (κ2) is 7.81. The van der Waals surface area contributed by atoms with Gasteiger partial charge in [-0.2, -0.15) is 13.2 Å². The number of hydrogen-bond acceptors (Lipinski definition) is 5. The van der Waals surface area contributed by atoms with Gasteiger partial charge in [0.15, 0.2) is 10.7 Å². The van der Waals surface area contributed by atoms with Gasteiger partial charge in [-0.25, -0.2) is 9.98 Å². The molecule has 11 heteroatoms. The molecule has 2 heterocycles. The normalized spacial score (nSPS) is 19.8. The summed E-state index contributed by atoms with van der Waals surface area (Å²) in [6.45, 7) is 0. The maximum Gasteiger partial charge on any atom is 0.417 e. The first kappa shape index (κ1) is 20.8. The summed E-state index contributed by atoms with van der Waals surface area (Å²) >= 11 is 12.8. The summed E-state index contributed by atoms with van der Waals surface area (Å²) in [5, 5.41) is 2.64. The minimum absolute atomic E-state index is 0.0228. The highest BCUT2D eigenvalue weighted by Crippen LogP contribution is 2.48. The molecule has 3 N–H and O–H groups in total. The van der Waals surface area contributed by atoms with Crippen molar-refractivity contribution in [3.63, 3.8) is 0 Å². The Hall–Kier alpha value is -1.97. The highest BCUT2D eigenvalue weighted by molar-refractivity contribution is 8.13. The molecule has 0 spiro atoms. The number of nitrogens with zero attached hydrogens (tertiary/aromatic N) is 2. The maximum atomic E-state index is 13.9. The van der Waals surface area contributed by atoms with Crippen LogP contribution in [-0.2, 0) is 5.54 Å². The van der Waals surface area contributed by atoms with Gasteiger partial charge in [-0.3, -0.25) is 4.79 Å². The van der Waals surface area contributed by atoms with Gasteiger partial charge in [0.1, 0.15) is 5.69 Å². The van der Waals surface area contributed by atoms with Crippen LogP contribution in [0.2, 0.25) is 10.0 Å². The summed E-state index contributed by atoms with van der Waals surface area (Å²) in [4.78, 5) is 20.0. The number of alkyl halides is 3. The van der Waals surface area contributed by atoms with E-state index in [-0.39, 0.29) is 44.3 Å². The number of anilines is 1. The molecule has 1 amide bonds. The van der Waals surface area contributed by atoms with Gasteiger partial charge in [0, 0.05) is 17.6 Å². The van der Waals surface area contributed by atoms with E-state index in [9.17, 15) is 18.0 Å². The summed E-state index contributed by atoms with van der Waals surface area (Å²) in [6, 6.07) is 6.74. The Balaban J connectivity index is 1.95. The first-order valence-electron chi connectivity index (χ1n) is 7.90. The molecule has 0 radical (unpaired) electrons. The Morgan fingerprint density at radius 3 is 2.68 bits per heavy atom. The first-order chi connectivity index (χ1) is 13.1. The predicted molar refractivity (Wildman–Crippen MR) is 105 cm³/mol. The van der Waals surface area contributed by atoms with Crippen LogP contribution in [0.1, 0.15) is 22.5 Å². The summed E-state index contributed by atoms with van der Waals surface area (Å²) < 4.78 is 41.7. The Morgan fingerprint density at radius 2 is 2.04 bits per heavy atom. The molecule has 0 fully saturated rings. The third-order valence-electron chi connectivity index (χ3n) is 4.10. The molecular weight excluding hydrogens is 436 g/mol. The fourth-order valence-electron chi connectivity index (χ4n) is 2.78. The first-order valence-corrected chi connectivity index (χ1v) is 9.64. The molecule has 5 nitrogen and oxygen atoms in total. The molecule has 0 bridgehead atoms. The molecule has 1 atom stereocenters. The fourth-order valence-corrected chi connectivity index (χ4v) is 4.08. The zero-order valence-electron chi connectivity index (χ0n) is 14.1. The van der Waals surface area contributed by atoms with E-state index in [0.717, 1.165) is 11.8 Å². The quantitative estimate of drug-likeness (QED) is 0.702. The van der Waals surface area contributed by atoms with Gasteiger partial charge in [0.25, 0.3) is 5.91 Å². The molecule has 1 aromatic heterocycles. The van der Waals surface area contributed by atoms with Crippen molar-refractivity contribution >= 4 is 51.7 Å². The average molecular weight is 449 g/mol. The van der Waals surface area contributed by atoms with Crippen molar-refractivity contribution in [1.29, 1.82) is 0 Å². The van der Waals surface area contributed by atoms with Gasteiger partial charge in [-0.15, -0.1) is 0 Å². The van der Waals surface area contributed by atoms with Gasteiger partial charge in [-0.1, -0.05) is 47.1 Å². The molecule has 0 aliphatic carbocycles. The number of benzene rings is 1. The van der Waals surface area contributed by atoms with Crippen LogP contribution in [0.5, 0.6) is 0 Å². The number of carbonyl (C=O) groups excluding carboxylic acids is 1. The second-order valence-electron chi connectivity index (χ2n) is 5.93. The number of halogens is 5. The van der Waals surface area contributed by atoms with Crippen LogP contribution in [-0.4, -0.2) is 28.0 Å². The van der Waals surface area contributed by atoms with Crippen LogP contribution in [0, 0.1) is 0 Å². The standard InChI is InChI=1S/C17H13Cl2F3N4OS/c18-10-7-12(19)13(24-8-10)14(27)25-11-3-1-2-9(6-11)16(17(20,21)22)4-5-28-15(23)26-16/h1-3,6-8H,4-5H2,(H2,23,26)(H,25,27). The van der Waals surface area contributed by atoms with Crippen molar-refractivity contribution in [3.05, 3.63) is 57.8 Å². The van der Waals surface area contributed by atoms with Crippen LogP contribution in [0.15, 0.2) is 41.5 Å². The number of pyridine rings is 1. The number of amides is 1. The van der Waals surface area contributed by atoms with E-state index in [1.54, 1.807) is 0 Å². The molecular formula is C17H13Cl2F3N4OS.